The number of rotatable bonds is 4. The van der Waals surface area contributed by atoms with Crippen LogP contribution in [0.1, 0.15) is 38.2 Å². The van der Waals surface area contributed by atoms with Gasteiger partial charge in [-0.1, -0.05) is 12.8 Å². The first kappa shape index (κ1) is 24.0. The fraction of sp³-hybridized carbons (Fsp3) is 0.632. The molecular formula is C19H30Cl2FN3O2. The maximum Gasteiger partial charge on any atom is 0.225 e. The van der Waals surface area contributed by atoms with Crippen molar-refractivity contribution in [2.75, 3.05) is 31.2 Å². The molecule has 8 heteroatoms. The van der Waals surface area contributed by atoms with E-state index < -0.39 is 5.54 Å². The largest absolute Gasteiger partial charge is 0.378 e. The number of amides is 1. The highest BCUT2D eigenvalue weighted by atomic mass is 35.5. The van der Waals surface area contributed by atoms with E-state index in [0.29, 0.717) is 19.8 Å². The molecular weight excluding hydrogens is 392 g/mol. The van der Waals surface area contributed by atoms with Crippen molar-refractivity contribution < 1.29 is 13.9 Å². The summed E-state index contributed by atoms with van der Waals surface area (Å²) in [7, 11) is 0. The van der Waals surface area contributed by atoms with E-state index in [1.54, 1.807) is 6.07 Å². The van der Waals surface area contributed by atoms with Crippen LogP contribution in [0, 0.1) is 11.7 Å². The molecule has 27 heavy (non-hydrogen) atoms. The van der Waals surface area contributed by atoms with E-state index in [1.165, 1.54) is 12.1 Å². The Balaban J connectivity index is 0.00000182. The molecule has 1 amide bonds. The monoisotopic (exact) mass is 421 g/mol. The molecule has 1 heterocycles. The topological polar surface area (TPSA) is 67.6 Å². The molecule has 1 saturated heterocycles. The van der Waals surface area contributed by atoms with Crippen LogP contribution in [-0.2, 0) is 16.1 Å². The summed E-state index contributed by atoms with van der Waals surface area (Å²) in [4.78, 5) is 14.8. The molecule has 2 aliphatic rings. The van der Waals surface area contributed by atoms with Gasteiger partial charge in [0.05, 0.1) is 19.1 Å². The van der Waals surface area contributed by atoms with Crippen molar-refractivity contribution >= 4 is 36.4 Å². The van der Waals surface area contributed by atoms with Crippen molar-refractivity contribution in [2.24, 2.45) is 11.7 Å². The molecule has 0 spiro atoms. The minimum absolute atomic E-state index is 0. The van der Waals surface area contributed by atoms with Crippen molar-refractivity contribution in [3.63, 3.8) is 0 Å². The molecule has 0 radical (unpaired) electrons. The van der Waals surface area contributed by atoms with Gasteiger partial charge in [0.15, 0.2) is 0 Å². The van der Waals surface area contributed by atoms with Gasteiger partial charge in [-0.15, -0.1) is 24.8 Å². The molecule has 1 saturated carbocycles. The third kappa shape index (κ3) is 5.95. The Kier molecular flexibility index (Phi) is 9.28. The van der Waals surface area contributed by atoms with Gasteiger partial charge in [0.1, 0.15) is 5.82 Å². The Bertz CT molecular complexity index is 625. The highest BCUT2D eigenvalue weighted by Gasteiger charge is 2.37. The van der Waals surface area contributed by atoms with Gasteiger partial charge >= 0.3 is 0 Å². The van der Waals surface area contributed by atoms with Gasteiger partial charge in [-0.25, -0.2) is 4.39 Å². The summed E-state index contributed by atoms with van der Waals surface area (Å²) in [6, 6.07) is 4.76. The van der Waals surface area contributed by atoms with Crippen molar-refractivity contribution in [3.8, 4) is 0 Å². The molecule has 0 aromatic heterocycles. The van der Waals surface area contributed by atoms with Gasteiger partial charge in [0, 0.05) is 30.9 Å². The SMILES string of the molecule is CC1(N)CCCCC1C(=O)NCc1cc(F)ccc1N1CCOCC1.Cl.Cl. The first-order valence-electron chi connectivity index (χ1n) is 9.15. The number of ether oxygens (including phenoxy) is 1. The van der Waals surface area contributed by atoms with E-state index >= 15 is 0 Å². The summed E-state index contributed by atoms with van der Waals surface area (Å²) in [6.45, 7) is 5.15. The second-order valence-electron chi connectivity index (χ2n) is 7.39. The second-order valence-corrected chi connectivity index (χ2v) is 7.39. The first-order chi connectivity index (χ1) is 12.0. The number of nitrogens with zero attached hydrogens (tertiary/aromatic N) is 1. The number of carbonyl (C=O) groups excluding carboxylic acids is 1. The molecule has 1 aromatic rings. The van der Waals surface area contributed by atoms with Gasteiger partial charge < -0.3 is 20.7 Å². The third-order valence-corrected chi connectivity index (χ3v) is 5.42. The lowest BCUT2D eigenvalue weighted by Gasteiger charge is -2.37. The van der Waals surface area contributed by atoms with Crippen LogP contribution < -0.4 is 16.0 Å². The van der Waals surface area contributed by atoms with Gasteiger partial charge in [0.2, 0.25) is 5.91 Å². The molecule has 3 N–H and O–H groups in total. The van der Waals surface area contributed by atoms with Crippen LogP contribution in [0.4, 0.5) is 10.1 Å². The first-order valence-corrected chi connectivity index (χ1v) is 9.15. The Morgan fingerprint density at radius 3 is 2.70 bits per heavy atom. The maximum absolute atomic E-state index is 13.7. The fourth-order valence-electron chi connectivity index (χ4n) is 3.90. The quantitative estimate of drug-likeness (QED) is 0.783. The minimum atomic E-state index is -0.461. The van der Waals surface area contributed by atoms with Gasteiger partial charge in [-0.3, -0.25) is 4.79 Å². The van der Waals surface area contributed by atoms with Gasteiger partial charge in [0.25, 0.3) is 0 Å². The second kappa shape index (κ2) is 10.5. The Morgan fingerprint density at radius 2 is 2.04 bits per heavy atom. The average Bonchev–Trinajstić information content (AvgIpc) is 2.60. The Labute approximate surface area is 173 Å². The molecule has 1 aliphatic carbocycles. The number of nitrogens with two attached hydrogens (primary N) is 1. The smallest absolute Gasteiger partial charge is 0.225 e. The number of morpholine rings is 1. The minimum Gasteiger partial charge on any atom is -0.378 e. The normalized spacial score (nSPS) is 25.1. The number of anilines is 1. The predicted octanol–water partition coefficient (Wildman–Crippen LogP) is 3.03. The number of hydrogen-bond donors (Lipinski definition) is 2. The van der Waals surface area contributed by atoms with Crippen LogP contribution in [0.2, 0.25) is 0 Å². The Hall–Kier alpha value is -1.08. The number of nitrogens with one attached hydrogen (secondary N) is 1. The fourth-order valence-corrected chi connectivity index (χ4v) is 3.90. The molecule has 154 valence electrons. The lowest BCUT2D eigenvalue weighted by Crippen LogP contribution is -2.52. The van der Waals surface area contributed by atoms with Crippen LogP contribution >= 0.6 is 24.8 Å². The Morgan fingerprint density at radius 1 is 1.33 bits per heavy atom. The summed E-state index contributed by atoms with van der Waals surface area (Å²) >= 11 is 0. The third-order valence-electron chi connectivity index (χ3n) is 5.42. The van der Waals surface area contributed by atoms with Crippen molar-refractivity contribution in [1.29, 1.82) is 0 Å². The van der Waals surface area contributed by atoms with Crippen LogP contribution in [0.15, 0.2) is 18.2 Å². The van der Waals surface area contributed by atoms with Crippen LogP contribution in [0.25, 0.3) is 0 Å². The zero-order chi connectivity index (χ0) is 17.9. The zero-order valence-corrected chi connectivity index (χ0v) is 17.3. The summed E-state index contributed by atoms with van der Waals surface area (Å²) in [5, 5.41) is 2.99. The number of halogens is 3. The van der Waals surface area contributed by atoms with Crippen LogP contribution in [0.3, 0.4) is 0 Å². The molecule has 1 aromatic carbocycles. The van der Waals surface area contributed by atoms with Gasteiger partial charge in [-0.2, -0.15) is 0 Å². The van der Waals surface area contributed by atoms with Crippen molar-refractivity contribution in [3.05, 3.63) is 29.6 Å². The van der Waals surface area contributed by atoms with E-state index in [0.717, 1.165) is 50.0 Å². The average molecular weight is 422 g/mol. The van der Waals surface area contributed by atoms with E-state index in [9.17, 15) is 9.18 Å². The van der Waals surface area contributed by atoms with E-state index in [2.05, 4.69) is 10.2 Å². The predicted molar refractivity (Wildman–Crippen MR) is 110 cm³/mol. The molecule has 3 rings (SSSR count). The van der Waals surface area contributed by atoms with E-state index in [4.69, 9.17) is 10.5 Å². The number of carbonyl (C=O) groups is 1. The molecule has 2 atom stereocenters. The van der Waals surface area contributed by atoms with E-state index in [1.807, 2.05) is 6.92 Å². The summed E-state index contributed by atoms with van der Waals surface area (Å²) < 4.78 is 19.1. The number of hydrogen-bond acceptors (Lipinski definition) is 4. The van der Waals surface area contributed by atoms with Gasteiger partial charge in [-0.05, 0) is 43.5 Å². The highest BCUT2D eigenvalue weighted by molar-refractivity contribution is 5.85. The van der Waals surface area contributed by atoms with Crippen LogP contribution in [-0.4, -0.2) is 37.7 Å². The lowest BCUT2D eigenvalue weighted by molar-refractivity contribution is -0.128. The summed E-state index contributed by atoms with van der Waals surface area (Å²) in [5.74, 6) is -0.494. The summed E-state index contributed by atoms with van der Waals surface area (Å²) in [5.41, 5.74) is 7.62. The van der Waals surface area contributed by atoms with Crippen molar-refractivity contribution in [2.45, 2.75) is 44.7 Å². The highest BCUT2D eigenvalue weighted by Crippen LogP contribution is 2.32. The molecule has 5 nitrogen and oxygen atoms in total. The molecule has 0 bridgehead atoms. The van der Waals surface area contributed by atoms with Crippen LogP contribution in [0.5, 0.6) is 0 Å². The molecule has 2 unspecified atom stereocenters. The molecule has 1 aliphatic heterocycles. The van der Waals surface area contributed by atoms with Crippen molar-refractivity contribution in [1.82, 2.24) is 5.32 Å². The summed E-state index contributed by atoms with van der Waals surface area (Å²) in [6.07, 6.45) is 3.79. The number of benzene rings is 1. The van der Waals surface area contributed by atoms with E-state index in [-0.39, 0.29) is 42.5 Å². The lowest BCUT2D eigenvalue weighted by atomic mass is 9.74. The maximum atomic E-state index is 13.7. The zero-order valence-electron chi connectivity index (χ0n) is 15.7. The molecule has 2 fully saturated rings. The standard InChI is InChI=1S/C19H28FN3O2.2ClH/c1-19(21)7-3-2-4-16(19)18(24)22-13-14-12-15(20)5-6-17(14)23-8-10-25-11-9-23;;/h5-6,12,16H,2-4,7-11,13,21H2,1H3,(H,22,24);2*1H.